The van der Waals surface area contributed by atoms with Gasteiger partial charge in [-0.05, 0) is 27.7 Å². The van der Waals surface area contributed by atoms with Gasteiger partial charge in [0.2, 0.25) is 0 Å². The van der Waals surface area contributed by atoms with Gasteiger partial charge in [-0.25, -0.2) is 0 Å². The van der Waals surface area contributed by atoms with Gasteiger partial charge in [-0.15, -0.1) is 0 Å². The van der Waals surface area contributed by atoms with Crippen molar-refractivity contribution in [2.45, 2.75) is 39.8 Å². The van der Waals surface area contributed by atoms with Crippen LogP contribution in [0.3, 0.4) is 0 Å². The van der Waals surface area contributed by atoms with E-state index >= 15 is 0 Å². The first-order valence-corrected chi connectivity index (χ1v) is 7.04. The van der Waals surface area contributed by atoms with Crippen LogP contribution in [0, 0.1) is 0 Å². The van der Waals surface area contributed by atoms with Crippen LogP contribution in [0.15, 0.2) is 9.52 Å². The summed E-state index contributed by atoms with van der Waals surface area (Å²) in [5, 5.41) is 0.284. The Morgan fingerprint density at radius 1 is 1.12 bits per heavy atom. The lowest BCUT2D eigenvalue weighted by Gasteiger charge is -2.30. The predicted molar refractivity (Wildman–Crippen MR) is 79.6 cm³/mol. The summed E-state index contributed by atoms with van der Waals surface area (Å²) in [7, 11) is 0. The largest absolute Gasteiger partial charge is 0.344 e. The Hall–Kier alpha value is 0.390. The third kappa shape index (κ3) is 7.42. The van der Waals surface area contributed by atoms with Crippen molar-refractivity contribution in [3.63, 3.8) is 0 Å². The number of hydrogen-bond donors (Lipinski definition) is 1. The molecule has 0 aliphatic carbocycles. The van der Waals surface area contributed by atoms with Crippen molar-refractivity contribution < 1.29 is 4.79 Å². The van der Waals surface area contributed by atoms with Crippen molar-refractivity contribution in [1.82, 2.24) is 11.1 Å². The lowest BCUT2D eigenvalue weighted by molar-refractivity contribution is 0.190. The minimum absolute atomic E-state index is 0. The fourth-order valence-corrected chi connectivity index (χ4v) is 2.69. The van der Waals surface area contributed by atoms with Gasteiger partial charge in [-0.3, -0.25) is 4.79 Å². The fourth-order valence-electron chi connectivity index (χ4n) is 1.27. The zero-order valence-electron chi connectivity index (χ0n) is 10.5. The smallest absolute Gasteiger partial charge is 0.282 e. The highest BCUT2D eigenvalue weighted by Crippen LogP contribution is 2.24. The summed E-state index contributed by atoms with van der Waals surface area (Å²) in [5.74, 6) is 0.304. The number of nitrogens with zero attached hydrogens (tertiary/aromatic N) is 1. The summed E-state index contributed by atoms with van der Waals surface area (Å²) in [6.45, 7) is 7.91. The average molecular weight is 322 g/mol. The molecule has 0 radical (unpaired) electrons. The monoisotopic (exact) mass is 320 g/mol. The van der Waals surface area contributed by atoms with Crippen molar-refractivity contribution in [3.8, 4) is 0 Å². The van der Waals surface area contributed by atoms with Crippen LogP contribution in [0.4, 0.5) is 4.79 Å². The van der Waals surface area contributed by atoms with E-state index in [0.29, 0.717) is 10.8 Å². The normalized spacial score (nSPS) is 10.2. The van der Waals surface area contributed by atoms with E-state index in [1.54, 1.807) is 4.90 Å². The second-order valence-corrected chi connectivity index (χ2v) is 6.15. The molecule has 0 aromatic rings. The summed E-state index contributed by atoms with van der Waals surface area (Å²) >= 11 is 17.8. The molecule has 0 aliphatic rings. The minimum atomic E-state index is -0.0160. The van der Waals surface area contributed by atoms with Crippen LogP contribution in [0.25, 0.3) is 0 Å². The Morgan fingerprint density at radius 2 is 1.53 bits per heavy atom. The number of carbonyl (C=O) groups is 1. The highest BCUT2D eigenvalue weighted by Gasteiger charge is 2.20. The second kappa shape index (κ2) is 9.34. The third-order valence-electron chi connectivity index (χ3n) is 1.85. The Balaban J connectivity index is 0. The maximum Gasteiger partial charge on any atom is 0.282 e. The minimum Gasteiger partial charge on any atom is -0.344 e. The summed E-state index contributed by atoms with van der Waals surface area (Å²) < 4.78 is 0.0163. The molecule has 0 aromatic heterocycles. The molecule has 0 aliphatic heterocycles. The maximum atomic E-state index is 11.9. The van der Waals surface area contributed by atoms with Crippen molar-refractivity contribution in [1.29, 1.82) is 0 Å². The topological polar surface area (TPSA) is 55.3 Å². The van der Waals surface area contributed by atoms with Gasteiger partial charge < -0.3 is 11.1 Å². The summed E-state index contributed by atoms with van der Waals surface area (Å²) in [6.07, 6.45) is 0. The summed E-state index contributed by atoms with van der Waals surface area (Å²) in [5.41, 5.74) is 0. The second-order valence-electron chi connectivity index (χ2n) is 3.81. The van der Waals surface area contributed by atoms with Crippen LogP contribution in [0.1, 0.15) is 27.7 Å². The van der Waals surface area contributed by atoms with Crippen LogP contribution in [-0.4, -0.2) is 28.0 Å². The number of thioether (sulfide) groups is 1. The van der Waals surface area contributed by atoms with Crippen molar-refractivity contribution in [2.24, 2.45) is 0 Å². The molecule has 3 N–H and O–H groups in total. The molecular weight excluding hydrogens is 303 g/mol. The number of halogens is 3. The number of hydrogen-bond acceptors (Lipinski definition) is 3. The molecule has 17 heavy (non-hydrogen) atoms. The van der Waals surface area contributed by atoms with Crippen LogP contribution >= 0.6 is 46.6 Å². The van der Waals surface area contributed by atoms with Gasteiger partial charge in [-0.2, -0.15) is 0 Å². The standard InChI is InChI=1S/C10H16Cl3NOS.H3N/c1-6(2)14(7(3)4)10(15)16-5-8(11)9(12)13;/h6-7H,5H2,1-4H3;1H3. The molecule has 0 bridgehead atoms. The zero-order chi connectivity index (χ0) is 12.9. The van der Waals surface area contributed by atoms with Gasteiger partial charge in [0.15, 0.2) is 0 Å². The highest BCUT2D eigenvalue weighted by atomic mass is 35.5. The van der Waals surface area contributed by atoms with Crippen molar-refractivity contribution in [2.75, 3.05) is 5.75 Å². The molecule has 0 spiro atoms. The molecule has 102 valence electrons. The highest BCUT2D eigenvalue weighted by molar-refractivity contribution is 8.13. The fraction of sp³-hybridized carbons (Fsp3) is 0.700. The van der Waals surface area contributed by atoms with Crippen LogP contribution < -0.4 is 6.15 Å². The van der Waals surface area contributed by atoms with Crippen molar-refractivity contribution in [3.05, 3.63) is 9.52 Å². The Morgan fingerprint density at radius 3 is 1.82 bits per heavy atom. The number of rotatable bonds is 4. The van der Waals surface area contributed by atoms with Gasteiger partial charge in [0.25, 0.3) is 5.24 Å². The van der Waals surface area contributed by atoms with E-state index in [9.17, 15) is 4.79 Å². The van der Waals surface area contributed by atoms with E-state index in [1.165, 1.54) is 0 Å². The molecule has 0 saturated heterocycles. The molecule has 0 fully saturated rings. The molecule has 7 heteroatoms. The van der Waals surface area contributed by atoms with Crippen LogP contribution in [0.5, 0.6) is 0 Å². The van der Waals surface area contributed by atoms with Gasteiger partial charge in [0, 0.05) is 17.8 Å². The summed E-state index contributed by atoms with van der Waals surface area (Å²) in [6, 6.07) is 0.323. The quantitative estimate of drug-likeness (QED) is 0.792. The molecule has 0 saturated carbocycles. The zero-order valence-corrected chi connectivity index (χ0v) is 13.6. The first kappa shape index (κ1) is 19.7. The lowest BCUT2D eigenvalue weighted by Crippen LogP contribution is -2.39. The molecular formula is C10H19Cl3N2OS. The van der Waals surface area contributed by atoms with E-state index in [4.69, 9.17) is 34.8 Å². The van der Waals surface area contributed by atoms with Gasteiger partial charge in [0.05, 0.1) is 5.03 Å². The van der Waals surface area contributed by atoms with Gasteiger partial charge in [-0.1, -0.05) is 46.6 Å². The number of carbonyl (C=O) groups excluding carboxylic acids is 1. The van der Waals surface area contributed by atoms with E-state index in [0.717, 1.165) is 11.8 Å². The van der Waals surface area contributed by atoms with E-state index in [2.05, 4.69) is 0 Å². The molecule has 0 unspecified atom stereocenters. The predicted octanol–water partition coefficient (Wildman–Crippen LogP) is 5.01. The maximum absolute atomic E-state index is 11.9. The third-order valence-corrected chi connectivity index (χ3v) is 3.87. The van der Waals surface area contributed by atoms with E-state index in [1.807, 2.05) is 27.7 Å². The number of amides is 1. The SMILES string of the molecule is CC(C)N(C(=O)SCC(Cl)=C(Cl)Cl)C(C)C.N. The van der Waals surface area contributed by atoms with Crippen molar-refractivity contribution >= 4 is 51.8 Å². The summed E-state index contributed by atoms with van der Waals surface area (Å²) in [4.78, 5) is 13.7. The Labute approximate surface area is 122 Å². The van der Waals surface area contributed by atoms with E-state index < -0.39 is 0 Å². The van der Waals surface area contributed by atoms with Crippen LogP contribution in [-0.2, 0) is 0 Å². The molecule has 1 amide bonds. The molecule has 3 nitrogen and oxygen atoms in total. The average Bonchev–Trinajstić information content (AvgIpc) is 2.12. The van der Waals surface area contributed by atoms with Gasteiger partial charge in [0.1, 0.15) is 4.49 Å². The first-order valence-electron chi connectivity index (χ1n) is 4.92. The van der Waals surface area contributed by atoms with E-state index in [-0.39, 0.29) is 28.0 Å². The molecule has 0 rings (SSSR count). The molecule has 0 atom stereocenters. The lowest BCUT2D eigenvalue weighted by atomic mass is 10.2. The van der Waals surface area contributed by atoms with Gasteiger partial charge >= 0.3 is 0 Å². The molecule has 0 heterocycles. The first-order chi connectivity index (χ1) is 7.27. The molecule has 0 aromatic carbocycles. The Bertz CT molecular complexity index is 271. The Kier molecular flexibility index (Phi) is 10.8. The van der Waals surface area contributed by atoms with Crippen LogP contribution in [0.2, 0.25) is 0 Å².